The number of aldehydes is 1. The molecule has 18 heavy (non-hydrogen) atoms. The minimum absolute atomic E-state index is 0.507. The first kappa shape index (κ1) is 10.7. The van der Waals surface area contributed by atoms with E-state index in [4.69, 9.17) is 4.52 Å². The van der Waals surface area contributed by atoms with Gasteiger partial charge in [-0.15, -0.1) is 0 Å². The number of fused-ring (bicyclic) bond motifs is 1. The molecule has 5 nitrogen and oxygen atoms in total. The van der Waals surface area contributed by atoms with Crippen LogP contribution in [0.5, 0.6) is 0 Å². The van der Waals surface area contributed by atoms with E-state index in [1.807, 2.05) is 29.0 Å². The highest BCUT2D eigenvalue weighted by Crippen LogP contribution is 2.18. The zero-order valence-corrected chi connectivity index (χ0v) is 9.83. The number of hydrogen-bond acceptors (Lipinski definition) is 4. The first-order valence-corrected chi connectivity index (χ1v) is 5.59. The Bertz CT molecular complexity index is 712. The average Bonchev–Trinajstić information content (AvgIpc) is 2.96. The summed E-state index contributed by atoms with van der Waals surface area (Å²) in [4.78, 5) is 15.0. The number of rotatable bonds is 3. The molecular formula is C13H11N3O2. The lowest BCUT2D eigenvalue weighted by molar-refractivity contribution is 0.112. The van der Waals surface area contributed by atoms with Crippen molar-refractivity contribution in [1.82, 2.24) is 14.7 Å². The maximum atomic E-state index is 10.8. The highest BCUT2D eigenvalue weighted by Gasteiger charge is 2.07. The standard InChI is InChI=1S/C13H11N3O2/c1-9-14-13(18-15-9)7-16-5-4-11-3-2-10(8-17)6-12(11)16/h2-6,8H,7H2,1H3. The third-order valence-corrected chi connectivity index (χ3v) is 2.81. The van der Waals surface area contributed by atoms with E-state index in [0.717, 1.165) is 17.2 Å². The van der Waals surface area contributed by atoms with Crippen molar-refractivity contribution in [3.05, 3.63) is 47.7 Å². The summed E-state index contributed by atoms with van der Waals surface area (Å²) in [5.41, 5.74) is 1.64. The molecule has 0 unspecified atom stereocenters. The van der Waals surface area contributed by atoms with Crippen molar-refractivity contribution in [2.75, 3.05) is 0 Å². The van der Waals surface area contributed by atoms with Crippen LogP contribution in [0.4, 0.5) is 0 Å². The molecule has 0 saturated heterocycles. The Balaban J connectivity index is 2.03. The van der Waals surface area contributed by atoms with Gasteiger partial charge in [0.15, 0.2) is 5.82 Å². The predicted octanol–water partition coefficient (Wildman–Crippen LogP) is 2.19. The van der Waals surface area contributed by atoms with E-state index in [1.165, 1.54) is 0 Å². The maximum Gasteiger partial charge on any atom is 0.246 e. The molecule has 0 amide bonds. The van der Waals surface area contributed by atoms with Crippen LogP contribution in [-0.2, 0) is 6.54 Å². The molecule has 1 aromatic carbocycles. The third-order valence-electron chi connectivity index (χ3n) is 2.81. The molecular weight excluding hydrogens is 230 g/mol. The highest BCUT2D eigenvalue weighted by atomic mass is 16.5. The number of carbonyl (C=O) groups is 1. The number of carbonyl (C=O) groups excluding carboxylic acids is 1. The van der Waals surface area contributed by atoms with Crippen molar-refractivity contribution in [1.29, 1.82) is 0 Å². The lowest BCUT2D eigenvalue weighted by Gasteiger charge is -2.01. The summed E-state index contributed by atoms with van der Waals surface area (Å²) in [5, 5.41) is 4.84. The van der Waals surface area contributed by atoms with E-state index in [0.29, 0.717) is 23.8 Å². The minimum atomic E-state index is 0.507. The van der Waals surface area contributed by atoms with E-state index in [2.05, 4.69) is 10.1 Å². The quantitative estimate of drug-likeness (QED) is 0.659. The van der Waals surface area contributed by atoms with E-state index in [-0.39, 0.29) is 0 Å². The number of benzene rings is 1. The van der Waals surface area contributed by atoms with Crippen LogP contribution in [0.15, 0.2) is 35.0 Å². The summed E-state index contributed by atoms with van der Waals surface area (Å²) in [5.74, 6) is 1.18. The smallest absolute Gasteiger partial charge is 0.246 e. The van der Waals surface area contributed by atoms with Crippen molar-refractivity contribution in [3.8, 4) is 0 Å². The minimum Gasteiger partial charge on any atom is -0.338 e. The van der Waals surface area contributed by atoms with Gasteiger partial charge in [0.25, 0.3) is 0 Å². The summed E-state index contributed by atoms with van der Waals surface area (Å²) in [7, 11) is 0. The SMILES string of the molecule is Cc1noc(Cn2ccc3ccc(C=O)cc32)n1. The van der Waals surface area contributed by atoms with Gasteiger partial charge in [-0.3, -0.25) is 4.79 Å². The molecule has 0 aliphatic heterocycles. The number of aromatic nitrogens is 3. The van der Waals surface area contributed by atoms with Crippen LogP contribution in [0.2, 0.25) is 0 Å². The van der Waals surface area contributed by atoms with Crippen molar-refractivity contribution >= 4 is 17.2 Å². The Hall–Kier alpha value is -2.43. The summed E-state index contributed by atoms with van der Waals surface area (Å²) >= 11 is 0. The molecule has 3 rings (SSSR count). The van der Waals surface area contributed by atoms with Crippen LogP contribution in [0.25, 0.3) is 10.9 Å². The van der Waals surface area contributed by atoms with Crippen LogP contribution < -0.4 is 0 Å². The van der Waals surface area contributed by atoms with Crippen LogP contribution in [0.3, 0.4) is 0 Å². The zero-order valence-electron chi connectivity index (χ0n) is 9.83. The summed E-state index contributed by atoms with van der Waals surface area (Å²) in [6.07, 6.45) is 2.78. The van der Waals surface area contributed by atoms with Crippen molar-refractivity contribution in [2.45, 2.75) is 13.5 Å². The maximum absolute atomic E-state index is 10.8. The van der Waals surface area contributed by atoms with Gasteiger partial charge in [-0.05, 0) is 24.4 Å². The van der Waals surface area contributed by atoms with E-state index in [1.54, 1.807) is 13.0 Å². The monoisotopic (exact) mass is 241 g/mol. The molecule has 0 atom stereocenters. The molecule has 2 aromatic heterocycles. The first-order chi connectivity index (χ1) is 8.76. The third kappa shape index (κ3) is 1.79. The summed E-state index contributed by atoms with van der Waals surface area (Å²) < 4.78 is 7.07. The largest absolute Gasteiger partial charge is 0.338 e. The molecule has 2 heterocycles. The molecule has 0 bridgehead atoms. The number of nitrogens with zero attached hydrogens (tertiary/aromatic N) is 3. The molecule has 0 aliphatic carbocycles. The number of aryl methyl sites for hydroxylation is 1. The predicted molar refractivity (Wildman–Crippen MR) is 65.5 cm³/mol. The molecule has 3 aromatic rings. The normalized spacial score (nSPS) is 10.9. The molecule has 0 radical (unpaired) electrons. The summed E-state index contributed by atoms with van der Waals surface area (Å²) in [6.45, 7) is 2.29. The second-order valence-corrected chi connectivity index (χ2v) is 4.12. The highest BCUT2D eigenvalue weighted by molar-refractivity contribution is 5.87. The Morgan fingerprint density at radius 1 is 1.39 bits per heavy atom. The van der Waals surface area contributed by atoms with E-state index >= 15 is 0 Å². The van der Waals surface area contributed by atoms with Gasteiger partial charge >= 0.3 is 0 Å². The van der Waals surface area contributed by atoms with Crippen LogP contribution in [0, 0.1) is 6.92 Å². The van der Waals surface area contributed by atoms with Gasteiger partial charge < -0.3 is 9.09 Å². The van der Waals surface area contributed by atoms with Gasteiger partial charge in [0.1, 0.15) is 12.8 Å². The fourth-order valence-corrected chi connectivity index (χ4v) is 1.96. The fraction of sp³-hybridized carbons (Fsp3) is 0.154. The molecule has 0 N–H and O–H groups in total. The second kappa shape index (κ2) is 4.10. The summed E-state index contributed by atoms with van der Waals surface area (Å²) in [6, 6.07) is 7.57. The van der Waals surface area contributed by atoms with E-state index < -0.39 is 0 Å². The first-order valence-electron chi connectivity index (χ1n) is 5.59. The lowest BCUT2D eigenvalue weighted by atomic mass is 10.2. The van der Waals surface area contributed by atoms with Gasteiger partial charge in [0.2, 0.25) is 5.89 Å². The Morgan fingerprint density at radius 3 is 3.00 bits per heavy atom. The molecule has 0 fully saturated rings. The second-order valence-electron chi connectivity index (χ2n) is 4.12. The Morgan fingerprint density at radius 2 is 2.28 bits per heavy atom. The van der Waals surface area contributed by atoms with Crippen molar-refractivity contribution in [3.63, 3.8) is 0 Å². The average molecular weight is 241 g/mol. The number of hydrogen-bond donors (Lipinski definition) is 0. The van der Waals surface area contributed by atoms with Crippen molar-refractivity contribution in [2.24, 2.45) is 0 Å². The van der Waals surface area contributed by atoms with Gasteiger partial charge in [-0.25, -0.2) is 0 Å². The van der Waals surface area contributed by atoms with Gasteiger partial charge in [0.05, 0.1) is 0 Å². The zero-order chi connectivity index (χ0) is 12.5. The van der Waals surface area contributed by atoms with Crippen LogP contribution in [0.1, 0.15) is 22.1 Å². The van der Waals surface area contributed by atoms with Crippen molar-refractivity contribution < 1.29 is 9.32 Å². The lowest BCUT2D eigenvalue weighted by Crippen LogP contribution is -1.98. The molecule has 0 aliphatic rings. The van der Waals surface area contributed by atoms with Gasteiger partial charge in [-0.1, -0.05) is 17.3 Å². The van der Waals surface area contributed by atoms with Crippen LogP contribution in [-0.4, -0.2) is 21.0 Å². The molecule has 0 saturated carbocycles. The topological polar surface area (TPSA) is 60.9 Å². The van der Waals surface area contributed by atoms with Gasteiger partial charge in [-0.2, -0.15) is 4.98 Å². The molecule has 90 valence electrons. The van der Waals surface area contributed by atoms with Gasteiger partial charge in [0, 0.05) is 17.3 Å². The Kier molecular flexibility index (Phi) is 2.44. The Labute approximate surface area is 103 Å². The van der Waals surface area contributed by atoms with E-state index in [9.17, 15) is 4.79 Å². The van der Waals surface area contributed by atoms with Crippen LogP contribution >= 0.6 is 0 Å². The molecule has 5 heteroatoms. The molecule has 0 spiro atoms. The fourth-order valence-electron chi connectivity index (χ4n) is 1.96.